The van der Waals surface area contributed by atoms with Gasteiger partial charge in [0, 0.05) is 37.0 Å². The second kappa shape index (κ2) is 4.69. The maximum absolute atomic E-state index is 11.9. The van der Waals surface area contributed by atoms with E-state index in [0.717, 1.165) is 31.6 Å². The van der Waals surface area contributed by atoms with E-state index in [9.17, 15) is 4.79 Å². The third-order valence-electron chi connectivity index (χ3n) is 4.07. The molecule has 1 atom stereocenters. The van der Waals surface area contributed by atoms with Gasteiger partial charge in [0.1, 0.15) is 0 Å². The van der Waals surface area contributed by atoms with Crippen molar-refractivity contribution < 1.29 is 4.79 Å². The molecule has 0 saturated carbocycles. The molecule has 96 valence electrons. The number of pyridine rings is 1. The van der Waals surface area contributed by atoms with Crippen LogP contribution in [0.5, 0.6) is 0 Å². The molecule has 3 heterocycles. The number of likely N-dealkylation sites (tertiary alicyclic amines) is 1. The quantitative estimate of drug-likeness (QED) is 0.799. The monoisotopic (exact) mass is 245 g/mol. The Balaban J connectivity index is 1.97. The van der Waals surface area contributed by atoms with Crippen molar-refractivity contribution in [3.63, 3.8) is 0 Å². The Kier molecular flexibility index (Phi) is 3.04. The molecular formula is C14H19N3O. The minimum absolute atomic E-state index is 0.253. The summed E-state index contributed by atoms with van der Waals surface area (Å²) < 4.78 is 0. The summed E-state index contributed by atoms with van der Waals surface area (Å²) in [5, 5.41) is 0. The number of aromatic nitrogens is 1. The fourth-order valence-corrected chi connectivity index (χ4v) is 3.11. The van der Waals surface area contributed by atoms with Crippen molar-refractivity contribution in [3.8, 4) is 0 Å². The minimum atomic E-state index is 0.253. The molecule has 1 aromatic heterocycles. The number of carbonyl (C=O) groups excluding carboxylic acids is 1. The minimum Gasteiger partial charge on any atom is -0.312 e. The van der Waals surface area contributed by atoms with Crippen LogP contribution in [0, 0.1) is 0 Å². The number of amides is 1. The number of rotatable bonds is 2. The zero-order chi connectivity index (χ0) is 12.5. The van der Waals surface area contributed by atoms with Crippen LogP contribution in [0.2, 0.25) is 0 Å². The number of nitrogens with zero attached hydrogens (tertiary/aromatic N) is 3. The number of carbonyl (C=O) groups is 1. The Morgan fingerprint density at radius 3 is 2.89 bits per heavy atom. The van der Waals surface area contributed by atoms with Crippen molar-refractivity contribution in [3.05, 3.63) is 24.0 Å². The molecule has 4 heteroatoms. The highest BCUT2D eigenvalue weighted by Gasteiger charge is 2.29. The molecule has 0 bridgehead atoms. The molecule has 0 N–H and O–H groups in total. The molecule has 0 spiro atoms. The number of hydrogen-bond acceptors (Lipinski definition) is 3. The van der Waals surface area contributed by atoms with Gasteiger partial charge in [-0.25, -0.2) is 0 Å². The summed E-state index contributed by atoms with van der Waals surface area (Å²) in [6, 6.07) is 2.41. The summed E-state index contributed by atoms with van der Waals surface area (Å²) in [6.07, 6.45) is 7.77. The first kappa shape index (κ1) is 11.7. The van der Waals surface area contributed by atoms with Crippen molar-refractivity contribution in [2.24, 2.45) is 0 Å². The molecule has 1 aromatic rings. The van der Waals surface area contributed by atoms with E-state index in [2.05, 4.69) is 16.9 Å². The van der Waals surface area contributed by atoms with Crippen LogP contribution in [0.25, 0.3) is 0 Å². The van der Waals surface area contributed by atoms with Crippen LogP contribution in [0.1, 0.15) is 37.3 Å². The number of anilines is 1. The number of hydrogen-bond donors (Lipinski definition) is 0. The summed E-state index contributed by atoms with van der Waals surface area (Å²) in [6.45, 7) is 1.99. The van der Waals surface area contributed by atoms with Crippen molar-refractivity contribution in [1.29, 1.82) is 0 Å². The molecule has 18 heavy (non-hydrogen) atoms. The zero-order valence-electron chi connectivity index (χ0n) is 10.8. The first-order chi connectivity index (χ1) is 8.77. The molecule has 1 amide bonds. The molecule has 2 saturated heterocycles. The molecular weight excluding hydrogens is 226 g/mol. The van der Waals surface area contributed by atoms with Crippen LogP contribution >= 0.6 is 0 Å². The molecule has 4 nitrogen and oxygen atoms in total. The average molecular weight is 245 g/mol. The lowest BCUT2D eigenvalue weighted by molar-refractivity contribution is -0.117. The predicted octanol–water partition coefficient (Wildman–Crippen LogP) is 1.98. The van der Waals surface area contributed by atoms with Gasteiger partial charge in [0.25, 0.3) is 0 Å². The van der Waals surface area contributed by atoms with Gasteiger partial charge in [-0.15, -0.1) is 0 Å². The summed E-state index contributed by atoms with van der Waals surface area (Å²) in [5.74, 6) is 0.253. The van der Waals surface area contributed by atoms with Gasteiger partial charge in [-0.2, -0.15) is 0 Å². The van der Waals surface area contributed by atoms with E-state index < -0.39 is 0 Å². The summed E-state index contributed by atoms with van der Waals surface area (Å²) in [5.41, 5.74) is 2.29. The van der Waals surface area contributed by atoms with Crippen molar-refractivity contribution in [2.75, 3.05) is 25.0 Å². The highest BCUT2D eigenvalue weighted by molar-refractivity contribution is 5.96. The Hall–Kier alpha value is -1.42. The lowest BCUT2D eigenvalue weighted by Gasteiger charge is -2.26. The standard InChI is InChI=1S/C14H19N3O/c1-16-8-2-4-12(16)11-10-15-7-6-13(11)17-9-3-5-14(17)18/h6-7,10,12H,2-5,8-9H2,1H3. The molecule has 2 fully saturated rings. The van der Waals surface area contributed by atoms with Crippen LogP contribution < -0.4 is 4.90 Å². The second-order valence-corrected chi connectivity index (χ2v) is 5.22. The lowest BCUT2D eigenvalue weighted by Crippen LogP contribution is -2.27. The van der Waals surface area contributed by atoms with Gasteiger partial charge in [-0.05, 0) is 38.9 Å². The fraction of sp³-hybridized carbons (Fsp3) is 0.571. The first-order valence-corrected chi connectivity index (χ1v) is 6.72. The van der Waals surface area contributed by atoms with Gasteiger partial charge in [0.05, 0.1) is 5.69 Å². The van der Waals surface area contributed by atoms with Crippen LogP contribution in [0.3, 0.4) is 0 Å². The van der Waals surface area contributed by atoms with Gasteiger partial charge in [0.15, 0.2) is 0 Å². The Morgan fingerprint density at radius 2 is 2.22 bits per heavy atom. The van der Waals surface area contributed by atoms with Crippen LogP contribution in [-0.2, 0) is 4.79 Å². The van der Waals surface area contributed by atoms with Crippen molar-refractivity contribution in [2.45, 2.75) is 31.7 Å². The predicted molar refractivity (Wildman–Crippen MR) is 70.4 cm³/mol. The summed E-state index contributed by atoms with van der Waals surface area (Å²) >= 11 is 0. The molecule has 2 aliphatic rings. The zero-order valence-corrected chi connectivity index (χ0v) is 10.8. The Morgan fingerprint density at radius 1 is 1.33 bits per heavy atom. The third kappa shape index (κ3) is 1.90. The van der Waals surface area contributed by atoms with E-state index in [4.69, 9.17) is 0 Å². The second-order valence-electron chi connectivity index (χ2n) is 5.22. The van der Waals surface area contributed by atoms with E-state index in [1.54, 1.807) is 6.20 Å². The van der Waals surface area contributed by atoms with E-state index in [-0.39, 0.29) is 5.91 Å². The normalized spacial score (nSPS) is 25.1. The molecule has 2 aliphatic heterocycles. The molecule has 0 radical (unpaired) electrons. The summed E-state index contributed by atoms with van der Waals surface area (Å²) in [4.78, 5) is 20.5. The first-order valence-electron chi connectivity index (χ1n) is 6.72. The van der Waals surface area contributed by atoms with E-state index in [1.807, 2.05) is 17.2 Å². The molecule has 0 aromatic carbocycles. The Labute approximate surface area is 108 Å². The highest BCUT2D eigenvalue weighted by Crippen LogP contribution is 2.36. The van der Waals surface area contributed by atoms with E-state index in [1.165, 1.54) is 12.0 Å². The third-order valence-corrected chi connectivity index (χ3v) is 4.07. The van der Waals surface area contributed by atoms with Crippen LogP contribution in [0.15, 0.2) is 18.5 Å². The van der Waals surface area contributed by atoms with E-state index in [0.29, 0.717) is 12.5 Å². The Bertz CT molecular complexity index is 460. The molecule has 3 rings (SSSR count). The maximum atomic E-state index is 11.9. The largest absolute Gasteiger partial charge is 0.312 e. The van der Waals surface area contributed by atoms with Crippen LogP contribution in [0.4, 0.5) is 5.69 Å². The molecule has 0 aliphatic carbocycles. The van der Waals surface area contributed by atoms with Crippen LogP contribution in [-0.4, -0.2) is 35.9 Å². The van der Waals surface area contributed by atoms with Gasteiger partial charge in [-0.1, -0.05) is 0 Å². The van der Waals surface area contributed by atoms with E-state index >= 15 is 0 Å². The smallest absolute Gasteiger partial charge is 0.227 e. The van der Waals surface area contributed by atoms with Crippen molar-refractivity contribution in [1.82, 2.24) is 9.88 Å². The molecule has 1 unspecified atom stereocenters. The highest BCUT2D eigenvalue weighted by atomic mass is 16.2. The fourth-order valence-electron chi connectivity index (χ4n) is 3.11. The van der Waals surface area contributed by atoms with Gasteiger partial charge in [-0.3, -0.25) is 14.7 Å². The van der Waals surface area contributed by atoms with Gasteiger partial charge >= 0.3 is 0 Å². The van der Waals surface area contributed by atoms with Gasteiger partial charge in [0.2, 0.25) is 5.91 Å². The van der Waals surface area contributed by atoms with Gasteiger partial charge < -0.3 is 4.90 Å². The van der Waals surface area contributed by atoms with Crippen molar-refractivity contribution >= 4 is 11.6 Å². The SMILES string of the molecule is CN1CCCC1c1cnccc1N1CCCC1=O. The topological polar surface area (TPSA) is 36.4 Å². The maximum Gasteiger partial charge on any atom is 0.227 e. The lowest BCUT2D eigenvalue weighted by atomic mass is 10.0. The average Bonchev–Trinajstić information content (AvgIpc) is 2.98. The summed E-state index contributed by atoms with van der Waals surface area (Å²) in [7, 11) is 2.15.